The van der Waals surface area contributed by atoms with Gasteiger partial charge in [0.1, 0.15) is 5.03 Å². The van der Waals surface area contributed by atoms with Gasteiger partial charge in [-0.3, -0.25) is 14.9 Å². The number of nitro benzene ring substituents is 1. The molecule has 0 atom stereocenters. The highest BCUT2D eigenvalue weighted by Gasteiger charge is 2.17. The average Bonchev–Trinajstić information content (AvgIpc) is 2.59. The predicted octanol–water partition coefficient (Wildman–Crippen LogP) is 2.29. The number of thioether (sulfide) groups is 1. The molecule has 0 saturated carbocycles. The summed E-state index contributed by atoms with van der Waals surface area (Å²) < 4.78 is 0. The Kier molecular flexibility index (Phi) is 5.13. The fraction of sp³-hybridized carbons (Fsp3) is 0.312. The molecule has 25 heavy (non-hydrogen) atoms. The molecule has 0 unspecified atom stereocenters. The number of H-pyrrole nitrogens is 1. The summed E-state index contributed by atoms with van der Waals surface area (Å²) in [7, 11) is 0. The molecule has 9 heteroatoms. The van der Waals surface area contributed by atoms with Gasteiger partial charge < -0.3 is 10.3 Å². The normalized spacial score (nSPS) is 13.1. The Morgan fingerprint density at radius 3 is 2.96 bits per heavy atom. The fourth-order valence-corrected chi connectivity index (χ4v) is 3.63. The number of aromatic amines is 1. The van der Waals surface area contributed by atoms with Gasteiger partial charge in [0, 0.05) is 29.1 Å². The van der Waals surface area contributed by atoms with Crippen LogP contribution in [-0.2, 0) is 17.6 Å². The predicted molar refractivity (Wildman–Crippen MR) is 93.9 cm³/mol. The molecular formula is C16H16N4O4S. The number of hydrogen-bond acceptors (Lipinski definition) is 6. The maximum absolute atomic E-state index is 12.1. The number of carbonyl (C=O) groups excluding carboxylic acids is 1. The number of rotatable bonds is 5. The van der Waals surface area contributed by atoms with Crippen LogP contribution in [0.3, 0.4) is 0 Å². The molecule has 1 aliphatic carbocycles. The number of benzene rings is 1. The van der Waals surface area contributed by atoms with E-state index in [1.54, 1.807) is 6.07 Å². The number of hydrogen-bond donors (Lipinski definition) is 2. The topological polar surface area (TPSA) is 118 Å². The van der Waals surface area contributed by atoms with E-state index in [-0.39, 0.29) is 17.3 Å². The lowest BCUT2D eigenvalue weighted by Crippen LogP contribution is -2.21. The van der Waals surface area contributed by atoms with Gasteiger partial charge in [-0.1, -0.05) is 17.8 Å². The van der Waals surface area contributed by atoms with Crippen LogP contribution >= 0.6 is 11.8 Å². The molecule has 3 rings (SSSR count). The Bertz CT molecular complexity index is 881. The van der Waals surface area contributed by atoms with Crippen molar-refractivity contribution in [1.82, 2.24) is 9.97 Å². The van der Waals surface area contributed by atoms with Crippen molar-refractivity contribution in [2.75, 3.05) is 11.1 Å². The van der Waals surface area contributed by atoms with E-state index in [1.165, 1.54) is 30.0 Å². The summed E-state index contributed by atoms with van der Waals surface area (Å²) in [6.07, 6.45) is 3.73. The van der Waals surface area contributed by atoms with E-state index in [9.17, 15) is 19.7 Å². The third-order valence-corrected chi connectivity index (χ3v) is 4.89. The van der Waals surface area contributed by atoms with Gasteiger partial charge in [-0.25, -0.2) is 4.79 Å². The Balaban J connectivity index is 1.67. The Labute approximate surface area is 147 Å². The minimum absolute atomic E-state index is 0.0750. The Hall–Kier alpha value is -2.68. The van der Waals surface area contributed by atoms with Gasteiger partial charge in [0.25, 0.3) is 5.69 Å². The lowest BCUT2D eigenvalue weighted by molar-refractivity contribution is -0.384. The number of carbonyl (C=O) groups is 1. The summed E-state index contributed by atoms with van der Waals surface area (Å²) in [6, 6.07) is 5.76. The molecule has 0 bridgehead atoms. The second kappa shape index (κ2) is 7.47. The highest BCUT2D eigenvalue weighted by Crippen LogP contribution is 2.27. The number of amides is 1. The Morgan fingerprint density at radius 1 is 1.36 bits per heavy atom. The van der Waals surface area contributed by atoms with E-state index in [4.69, 9.17) is 0 Å². The van der Waals surface area contributed by atoms with Gasteiger partial charge in [0.15, 0.2) is 0 Å². The summed E-state index contributed by atoms with van der Waals surface area (Å²) in [5.41, 5.74) is 1.80. The van der Waals surface area contributed by atoms with Crippen molar-refractivity contribution in [3.63, 3.8) is 0 Å². The number of anilines is 1. The van der Waals surface area contributed by atoms with Gasteiger partial charge in [-0.05, 0) is 31.7 Å². The van der Waals surface area contributed by atoms with Crippen molar-refractivity contribution in [2.24, 2.45) is 0 Å². The molecule has 1 aliphatic rings. The molecule has 1 aromatic carbocycles. The van der Waals surface area contributed by atoms with E-state index in [0.29, 0.717) is 10.7 Å². The van der Waals surface area contributed by atoms with Gasteiger partial charge in [-0.2, -0.15) is 4.98 Å². The number of aromatic nitrogens is 2. The van der Waals surface area contributed by atoms with E-state index < -0.39 is 10.6 Å². The minimum atomic E-state index is -0.517. The summed E-state index contributed by atoms with van der Waals surface area (Å²) in [6.45, 7) is 0. The first-order valence-electron chi connectivity index (χ1n) is 7.82. The van der Waals surface area contributed by atoms with Crippen LogP contribution in [0.4, 0.5) is 11.4 Å². The highest BCUT2D eigenvalue weighted by molar-refractivity contribution is 8.00. The summed E-state index contributed by atoms with van der Waals surface area (Å²) in [5.74, 6) is -0.233. The van der Waals surface area contributed by atoms with Crippen LogP contribution in [0.2, 0.25) is 0 Å². The smallest absolute Gasteiger partial charge is 0.325 e. The van der Waals surface area contributed by atoms with Crippen LogP contribution in [0, 0.1) is 10.1 Å². The zero-order chi connectivity index (χ0) is 17.8. The molecule has 8 nitrogen and oxygen atoms in total. The van der Waals surface area contributed by atoms with E-state index >= 15 is 0 Å². The second-order valence-electron chi connectivity index (χ2n) is 5.66. The maximum Gasteiger partial charge on any atom is 0.346 e. The van der Waals surface area contributed by atoms with Gasteiger partial charge in [-0.15, -0.1) is 0 Å². The summed E-state index contributed by atoms with van der Waals surface area (Å²) >= 11 is 1.21. The molecule has 1 heterocycles. The van der Waals surface area contributed by atoms with Crippen LogP contribution in [0.5, 0.6) is 0 Å². The van der Waals surface area contributed by atoms with E-state index in [0.717, 1.165) is 36.9 Å². The molecule has 0 saturated heterocycles. The maximum atomic E-state index is 12.1. The largest absolute Gasteiger partial charge is 0.346 e. The molecular weight excluding hydrogens is 344 g/mol. The van der Waals surface area contributed by atoms with Crippen LogP contribution in [0.1, 0.15) is 24.1 Å². The first-order valence-corrected chi connectivity index (χ1v) is 8.80. The van der Waals surface area contributed by atoms with Gasteiger partial charge in [0.2, 0.25) is 5.91 Å². The van der Waals surface area contributed by atoms with Crippen molar-refractivity contribution >= 4 is 29.0 Å². The third kappa shape index (κ3) is 4.24. The molecule has 130 valence electrons. The highest BCUT2D eigenvalue weighted by atomic mass is 32.2. The molecule has 2 aromatic rings. The first kappa shape index (κ1) is 17.2. The fourth-order valence-electron chi connectivity index (χ4n) is 2.74. The molecule has 2 N–H and O–H groups in total. The van der Waals surface area contributed by atoms with E-state index in [1.807, 2.05) is 0 Å². The molecule has 0 fully saturated rings. The van der Waals surface area contributed by atoms with Crippen molar-refractivity contribution < 1.29 is 9.72 Å². The summed E-state index contributed by atoms with van der Waals surface area (Å²) in [5, 5.41) is 14.0. The van der Waals surface area contributed by atoms with E-state index in [2.05, 4.69) is 15.3 Å². The lowest BCUT2D eigenvalue weighted by Gasteiger charge is -2.17. The van der Waals surface area contributed by atoms with Crippen molar-refractivity contribution in [3.05, 3.63) is 56.1 Å². The van der Waals surface area contributed by atoms with Gasteiger partial charge >= 0.3 is 5.69 Å². The average molecular weight is 360 g/mol. The number of nitrogens with one attached hydrogen (secondary N) is 2. The van der Waals surface area contributed by atoms with Crippen LogP contribution < -0.4 is 11.0 Å². The number of non-ortho nitro benzene ring substituents is 1. The van der Waals surface area contributed by atoms with Crippen molar-refractivity contribution in [2.45, 2.75) is 30.7 Å². The summed E-state index contributed by atoms with van der Waals surface area (Å²) in [4.78, 5) is 40.8. The molecule has 0 radical (unpaired) electrons. The number of nitro groups is 1. The molecule has 1 amide bonds. The SMILES string of the molecule is O=C(CSc1nc(=O)[nH]c2c1CCCC2)Nc1cccc([N+](=O)[O-])c1. The third-order valence-electron chi connectivity index (χ3n) is 3.87. The van der Waals surface area contributed by atoms with Crippen molar-refractivity contribution in [3.8, 4) is 0 Å². The lowest BCUT2D eigenvalue weighted by atomic mass is 9.98. The van der Waals surface area contributed by atoms with Crippen LogP contribution in [-0.4, -0.2) is 26.6 Å². The first-order chi connectivity index (χ1) is 12.0. The number of aryl methyl sites for hydroxylation is 1. The zero-order valence-corrected chi connectivity index (χ0v) is 14.1. The van der Waals surface area contributed by atoms with Gasteiger partial charge in [0.05, 0.1) is 10.7 Å². The Morgan fingerprint density at radius 2 is 2.16 bits per heavy atom. The minimum Gasteiger partial charge on any atom is -0.325 e. The standard InChI is InChI=1S/C16H16N4O4S/c21-14(17-10-4-3-5-11(8-10)20(23)24)9-25-15-12-6-1-2-7-13(12)18-16(22)19-15/h3-5,8H,1-2,6-7,9H2,(H,17,21)(H,18,19,22). The number of nitrogens with zero attached hydrogens (tertiary/aromatic N) is 2. The quantitative estimate of drug-likeness (QED) is 0.365. The molecule has 0 spiro atoms. The van der Waals surface area contributed by atoms with Crippen molar-refractivity contribution in [1.29, 1.82) is 0 Å². The van der Waals surface area contributed by atoms with Crippen LogP contribution in [0.15, 0.2) is 34.1 Å². The number of fused-ring (bicyclic) bond motifs is 1. The molecule has 0 aliphatic heterocycles. The monoisotopic (exact) mass is 360 g/mol. The second-order valence-corrected chi connectivity index (χ2v) is 6.62. The zero-order valence-electron chi connectivity index (χ0n) is 13.3. The molecule has 1 aromatic heterocycles. The van der Waals surface area contributed by atoms with Crippen LogP contribution in [0.25, 0.3) is 0 Å².